The molecule has 0 radical (unpaired) electrons. The van der Waals surface area contributed by atoms with E-state index in [1.165, 1.54) is 0 Å². The number of amides is 1. The monoisotopic (exact) mass is 171 g/mol. The third-order valence-electron chi connectivity index (χ3n) is 1.65. The molecule has 0 spiro atoms. The third kappa shape index (κ3) is 4.77. The maximum Gasteiger partial charge on any atom is 1.00 e. The first-order valence-electron chi connectivity index (χ1n) is 4.13. The molecule has 0 aromatic heterocycles. The molecule has 0 heterocycles. The van der Waals surface area contributed by atoms with Crippen LogP contribution in [0.1, 0.15) is 20.3 Å². The fourth-order valence-corrected chi connectivity index (χ4v) is 0.922. The molecule has 2 nitrogen and oxygen atoms in total. The summed E-state index contributed by atoms with van der Waals surface area (Å²) in [5.74, 6) is 0.0962. The zero-order chi connectivity index (χ0) is 8.81. The molecule has 1 rings (SSSR count). The molecule has 1 aromatic carbocycles. The number of benzene rings is 1. The molecule has 1 N–H and O–H groups in total. The number of hydrogen-bond acceptors (Lipinski definition) is 1. The van der Waals surface area contributed by atoms with Crippen molar-refractivity contribution in [2.24, 2.45) is 0 Å². The number of nitrogens with one attached hydrogen (secondary N) is 1. The van der Waals surface area contributed by atoms with E-state index >= 15 is 0 Å². The summed E-state index contributed by atoms with van der Waals surface area (Å²) in [6.07, 6.45) is 0.548. The molecule has 13 heavy (non-hydrogen) atoms. The van der Waals surface area contributed by atoms with Crippen LogP contribution in [0.25, 0.3) is 0 Å². The minimum atomic E-state index is 0. The first-order chi connectivity index (χ1) is 5.83. The van der Waals surface area contributed by atoms with Gasteiger partial charge in [-0.05, 0) is 5.56 Å². The first kappa shape index (κ1) is 12.3. The summed E-state index contributed by atoms with van der Waals surface area (Å²) in [6.45, 7) is 2.48. The van der Waals surface area contributed by atoms with Gasteiger partial charge in [-0.15, -0.1) is 0 Å². The molecule has 0 saturated carbocycles. The van der Waals surface area contributed by atoms with Crippen LogP contribution in [0.5, 0.6) is 0 Å². The predicted octanol–water partition coefficient (Wildman–Crippen LogP) is -1.17. The van der Waals surface area contributed by atoms with E-state index in [1.54, 1.807) is 0 Å². The summed E-state index contributed by atoms with van der Waals surface area (Å²) in [7, 11) is 0. The van der Waals surface area contributed by atoms with Crippen molar-refractivity contribution in [3.05, 3.63) is 35.9 Å². The zero-order valence-corrected chi connectivity index (χ0v) is 8.21. The van der Waals surface area contributed by atoms with Crippen LogP contribution in [0.4, 0.5) is 0 Å². The van der Waals surface area contributed by atoms with Crippen molar-refractivity contribution in [3.63, 3.8) is 0 Å². The zero-order valence-electron chi connectivity index (χ0n) is 9.21. The molecule has 0 aliphatic carbocycles. The van der Waals surface area contributed by atoms with Crippen molar-refractivity contribution in [1.29, 1.82) is 0 Å². The Balaban J connectivity index is 0. The van der Waals surface area contributed by atoms with Crippen LogP contribution < -0.4 is 24.2 Å². The molecular weight excluding hydrogens is 157 g/mol. The second kappa shape index (κ2) is 6.77. The molecule has 0 unspecified atom stereocenters. The quantitative estimate of drug-likeness (QED) is 0.570. The normalized spacial score (nSPS) is 8.69. The van der Waals surface area contributed by atoms with Gasteiger partial charge in [-0.3, -0.25) is 4.79 Å². The van der Waals surface area contributed by atoms with Gasteiger partial charge in [-0.25, -0.2) is 0 Å². The SMILES string of the molecule is CCC(=O)NCc1ccccc1.[H-].[Li+]. The Kier molecular flexibility index (Phi) is 6.40. The van der Waals surface area contributed by atoms with Crippen molar-refractivity contribution in [2.75, 3.05) is 0 Å². The fraction of sp³-hybridized carbons (Fsp3) is 0.300. The van der Waals surface area contributed by atoms with Crippen LogP contribution in [0.15, 0.2) is 30.3 Å². The Morgan fingerprint density at radius 3 is 2.54 bits per heavy atom. The summed E-state index contributed by atoms with van der Waals surface area (Å²) in [6, 6.07) is 9.89. The second-order valence-corrected chi connectivity index (χ2v) is 2.62. The van der Waals surface area contributed by atoms with Gasteiger partial charge in [0.25, 0.3) is 0 Å². The van der Waals surface area contributed by atoms with E-state index in [4.69, 9.17) is 0 Å². The molecule has 0 saturated heterocycles. The van der Waals surface area contributed by atoms with E-state index in [9.17, 15) is 4.79 Å². The van der Waals surface area contributed by atoms with Crippen LogP contribution in [-0.4, -0.2) is 5.91 Å². The Morgan fingerprint density at radius 1 is 1.38 bits per heavy atom. The third-order valence-corrected chi connectivity index (χ3v) is 1.65. The van der Waals surface area contributed by atoms with Crippen molar-refractivity contribution in [3.8, 4) is 0 Å². The largest absolute Gasteiger partial charge is 1.00 e. The van der Waals surface area contributed by atoms with Crippen LogP contribution in [0, 0.1) is 0 Å². The molecule has 0 aliphatic heterocycles. The van der Waals surface area contributed by atoms with Gasteiger partial charge in [-0.2, -0.15) is 0 Å². The van der Waals surface area contributed by atoms with Crippen LogP contribution >= 0.6 is 0 Å². The van der Waals surface area contributed by atoms with Crippen LogP contribution in [0.2, 0.25) is 0 Å². The van der Waals surface area contributed by atoms with Gasteiger partial charge in [0.15, 0.2) is 0 Å². The predicted molar refractivity (Wildman–Crippen MR) is 49.7 cm³/mol. The molecule has 0 aliphatic rings. The van der Waals surface area contributed by atoms with Crippen LogP contribution in [0.3, 0.4) is 0 Å². The standard InChI is InChI=1S/C10H13NO.Li.H/c1-2-10(12)11-8-9-6-4-3-5-7-9;;/h3-7H,2,8H2,1H3,(H,11,12);;/q;+1;-1. The molecule has 0 fully saturated rings. The van der Waals surface area contributed by atoms with Gasteiger partial charge >= 0.3 is 18.9 Å². The van der Waals surface area contributed by atoms with E-state index in [2.05, 4.69) is 5.32 Å². The van der Waals surface area contributed by atoms with Gasteiger partial charge in [0.1, 0.15) is 0 Å². The maximum atomic E-state index is 10.9. The first-order valence-corrected chi connectivity index (χ1v) is 4.13. The fourth-order valence-electron chi connectivity index (χ4n) is 0.922. The molecule has 0 atom stereocenters. The van der Waals surface area contributed by atoms with E-state index in [-0.39, 0.29) is 26.2 Å². The van der Waals surface area contributed by atoms with E-state index < -0.39 is 0 Å². The topological polar surface area (TPSA) is 29.1 Å². The molecule has 66 valence electrons. The van der Waals surface area contributed by atoms with Gasteiger partial charge in [0, 0.05) is 13.0 Å². The van der Waals surface area contributed by atoms with Crippen molar-refractivity contribution >= 4 is 5.91 Å². The average Bonchev–Trinajstić information content (AvgIpc) is 2.16. The summed E-state index contributed by atoms with van der Waals surface area (Å²) in [5, 5.41) is 2.81. The minimum absolute atomic E-state index is 0. The number of carbonyl (C=O) groups is 1. The summed E-state index contributed by atoms with van der Waals surface area (Å²) in [4.78, 5) is 10.9. The van der Waals surface area contributed by atoms with Crippen LogP contribution in [-0.2, 0) is 11.3 Å². The maximum absolute atomic E-state index is 10.9. The number of hydrogen-bond donors (Lipinski definition) is 1. The van der Waals surface area contributed by atoms with Crippen molar-refractivity contribution in [2.45, 2.75) is 19.9 Å². The molecular formula is C10H14LiNO. The van der Waals surface area contributed by atoms with Gasteiger partial charge in [0.2, 0.25) is 5.91 Å². The molecule has 1 amide bonds. The Bertz CT molecular complexity index is 254. The molecule has 0 bridgehead atoms. The summed E-state index contributed by atoms with van der Waals surface area (Å²) >= 11 is 0. The number of carbonyl (C=O) groups excluding carboxylic acids is 1. The van der Waals surface area contributed by atoms with Gasteiger partial charge in [-0.1, -0.05) is 37.3 Å². The average molecular weight is 171 g/mol. The Morgan fingerprint density at radius 2 is 2.00 bits per heavy atom. The minimum Gasteiger partial charge on any atom is -1.00 e. The van der Waals surface area contributed by atoms with Crippen molar-refractivity contribution < 1.29 is 25.1 Å². The summed E-state index contributed by atoms with van der Waals surface area (Å²) < 4.78 is 0. The molecule has 3 heteroatoms. The van der Waals surface area contributed by atoms with Gasteiger partial charge in [0.05, 0.1) is 0 Å². The summed E-state index contributed by atoms with van der Waals surface area (Å²) in [5.41, 5.74) is 1.14. The van der Waals surface area contributed by atoms with Crippen molar-refractivity contribution in [1.82, 2.24) is 5.32 Å². The Labute approximate surface area is 92.4 Å². The second-order valence-electron chi connectivity index (χ2n) is 2.62. The number of rotatable bonds is 3. The smallest absolute Gasteiger partial charge is 1.00 e. The van der Waals surface area contributed by atoms with E-state index in [0.717, 1.165) is 5.56 Å². The van der Waals surface area contributed by atoms with E-state index in [0.29, 0.717) is 13.0 Å². The molecule has 1 aromatic rings. The van der Waals surface area contributed by atoms with Gasteiger partial charge < -0.3 is 6.74 Å². The Hall–Kier alpha value is -0.713. The van der Waals surface area contributed by atoms with E-state index in [1.807, 2.05) is 37.3 Å².